The number of likely N-dealkylation sites (N-methyl/N-ethyl adjacent to an activating group) is 1. The van der Waals surface area contributed by atoms with E-state index in [9.17, 15) is 9.90 Å². The van der Waals surface area contributed by atoms with Crippen molar-refractivity contribution in [1.29, 1.82) is 0 Å². The first kappa shape index (κ1) is 23.6. The second-order valence-electron chi connectivity index (χ2n) is 8.94. The van der Waals surface area contributed by atoms with Crippen LogP contribution in [0.2, 0.25) is 0 Å². The lowest BCUT2D eigenvalue weighted by atomic mass is 9.92. The van der Waals surface area contributed by atoms with E-state index < -0.39 is 41.7 Å². The fourth-order valence-corrected chi connectivity index (χ4v) is 5.59. The van der Waals surface area contributed by atoms with Crippen molar-refractivity contribution in [2.24, 2.45) is 5.92 Å². The molecule has 3 aliphatic heterocycles. The molecule has 0 bridgehead atoms. The second-order valence-corrected chi connectivity index (χ2v) is 10.6. The van der Waals surface area contributed by atoms with Crippen LogP contribution in [0.1, 0.15) is 40.5 Å². The molecule has 0 aromatic rings. The summed E-state index contributed by atoms with van der Waals surface area (Å²) in [4.78, 5) is 15.2. The zero-order valence-electron chi connectivity index (χ0n) is 18.1. The zero-order valence-corrected chi connectivity index (χ0v) is 19.7. The van der Waals surface area contributed by atoms with Crippen LogP contribution in [0, 0.1) is 5.92 Å². The number of aliphatic hydroxyl groups is 1. The van der Waals surface area contributed by atoms with E-state index in [1.165, 1.54) is 11.8 Å². The number of thioether (sulfide) groups is 1. The summed E-state index contributed by atoms with van der Waals surface area (Å²) in [5, 5.41) is 13.4. The molecule has 9 atom stereocenters. The molecule has 168 valence electrons. The molecule has 1 amide bonds. The van der Waals surface area contributed by atoms with E-state index in [0.29, 0.717) is 5.92 Å². The van der Waals surface area contributed by atoms with Gasteiger partial charge < -0.3 is 24.6 Å². The standard InChI is InChI=1S/C20H35ClN2O5S/c1-7-11-8-12(23(5)9-11)18(25)22-13(10(2)21)15-17-16(27-20(3,4)28-17)14(24)19(26-15)29-6/h10-17,19,24H,7-9H2,1-6H3,(H,22,25)/t10-,11+,12-,13+,14+,15+,16+,17-,19+/m0/s1. The molecule has 3 heterocycles. The maximum absolute atomic E-state index is 13.1. The number of ether oxygens (including phenoxy) is 3. The number of halogens is 1. The lowest BCUT2D eigenvalue weighted by Gasteiger charge is -2.43. The Balaban J connectivity index is 1.79. The first-order valence-corrected chi connectivity index (χ1v) is 12.2. The van der Waals surface area contributed by atoms with Crippen molar-refractivity contribution in [2.75, 3.05) is 19.8 Å². The molecular formula is C20H35ClN2O5S. The summed E-state index contributed by atoms with van der Waals surface area (Å²) >= 11 is 7.95. The van der Waals surface area contributed by atoms with Gasteiger partial charge in [0.2, 0.25) is 5.91 Å². The first-order chi connectivity index (χ1) is 13.6. The van der Waals surface area contributed by atoms with E-state index in [2.05, 4.69) is 17.1 Å². The molecule has 29 heavy (non-hydrogen) atoms. The van der Waals surface area contributed by atoms with Gasteiger partial charge in [-0.15, -0.1) is 23.4 Å². The van der Waals surface area contributed by atoms with Crippen LogP contribution < -0.4 is 5.32 Å². The number of likely N-dealkylation sites (tertiary alicyclic amines) is 1. The Morgan fingerprint density at radius 1 is 1.38 bits per heavy atom. The van der Waals surface area contributed by atoms with Crippen molar-refractivity contribution < 1.29 is 24.1 Å². The van der Waals surface area contributed by atoms with Gasteiger partial charge in [-0.3, -0.25) is 9.69 Å². The van der Waals surface area contributed by atoms with Gasteiger partial charge in [0.25, 0.3) is 0 Å². The largest absolute Gasteiger partial charge is 0.387 e. The summed E-state index contributed by atoms with van der Waals surface area (Å²) in [5.74, 6) is -0.345. The van der Waals surface area contributed by atoms with Gasteiger partial charge in [0.1, 0.15) is 29.9 Å². The number of rotatable bonds is 6. The number of amides is 1. The number of nitrogens with one attached hydrogen (secondary N) is 1. The Hall–Kier alpha value is -0.0900. The predicted octanol–water partition coefficient (Wildman–Crippen LogP) is 1.80. The van der Waals surface area contributed by atoms with Crippen LogP contribution in [0.15, 0.2) is 0 Å². The monoisotopic (exact) mass is 450 g/mol. The summed E-state index contributed by atoms with van der Waals surface area (Å²) < 4.78 is 18.3. The molecule has 0 unspecified atom stereocenters. The number of alkyl halides is 1. The Kier molecular flexibility index (Phi) is 7.46. The van der Waals surface area contributed by atoms with Gasteiger partial charge in [-0.25, -0.2) is 0 Å². The van der Waals surface area contributed by atoms with Gasteiger partial charge in [-0.1, -0.05) is 13.3 Å². The average Bonchev–Trinajstić information content (AvgIpc) is 3.19. The summed E-state index contributed by atoms with van der Waals surface area (Å²) in [6.07, 6.45) is 1.40. The summed E-state index contributed by atoms with van der Waals surface area (Å²) in [6.45, 7) is 8.56. The Morgan fingerprint density at radius 3 is 2.59 bits per heavy atom. The number of aliphatic hydroxyl groups excluding tert-OH is 1. The highest BCUT2D eigenvalue weighted by Crippen LogP contribution is 2.41. The number of carbonyl (C=O) groups excluding carboxylic acids is 1. The van der Waals surface area contributed by atoms with Crippen LogP contribution in [0.3, 0.4) is 0 Å². The molecule has 0 radical (unpaired) electrons. The number of hydrogen-bond donors (Lipinski definition) is 2. The third kappa shape index (κ3) is 4.89. The highest BCUT2D eigenvalue weighted by atomic mass is 35.5. The SMILES string of the molecule is CC[C@@H]1C[C@@H](C(=O)N[C@@H]([C@H]2O[C@H](SC)[C@H](O)[C@H]3OC(C)(C)O[C@H]32)[C@H](C)Cl)N(C)C1. The second kappa shape index (κ2) is 9.18. The fourth-order valence-electron chi connectivity index (χ4n) is 4.71. The molecular weight excluding hydrogens is 416 g/mol. The molecule has 7 nitrogen and oxygen atoms in total. The summed E-state index contributed by atoms with van der Waals surface area (Å²) in [7, 11) is 1.99. The van der Waals surface area contributed by atoms with E-state index in [0.717, 1.165) is 19.4 Å². The van der Waals surface area contributed by atoms with Crippen LogP contribution in [-0.4, -0.2) is 88.9 Å². The molecule has 2 N–H and O–H groups in total. The minimum Gasteiger partial charge on any atom is -0.387 e. The van der Waals surface area contributed by atoms with Gasteiger partial charge in [-0.05, 0) is 46.4 Å². The summed E-state index contributed by atoms with van der Waals surface area (Å²) in [5.41, 5.74) is -0.479. The normalized spacial score (nSPS) is 41.7. The molecule has 3 fully saturated rings. The van der Waals surface area contributed by atoms with Crippen LogP contribution in [-0.2, 0) is 19.0 Å². The van der Waals surface area contributed by atoms with Crippen LogP contribution in [0.25, 0.3) is 0 Å². The minimum absolute atomic E-state index is 0.0360. The molecule has 3 saturated heterocycles. The van der Waals surface area contributed by atoms with E-state index >= 15 is 0 Å². The maximum atomic E-state index is 13.1. The average molecular weight is 451 g/mol. The van der Waals surface area contributed by atoms with Crippen LogP contribution >= 0.6 is 23.4 Å². The van der Waals surface area contributed by atoms with Gasteiger partial charge in [0.15, 0.2) is 5.79 Å². The number of hydrogen-bond acceptors (Lipinski definition) is 7. The summed E-state index contributed by atoms with van der Waals surface area (Å²) in [6, 6.07) is -0.637. The lowest BCUT2D eigenvalue weighted by Crippen LogP contribution is -2.64. The predicted molar refractivity (Wildman–Crippen MR) is 114 cm³/mol. The van der Waals surface area contributed by atoms with Crippen LogP contribution in [0.5, 0.6) is 0 Å². The highest BCUT2D eigenvalue weighted by Gasteiger charge is 2.57. The minimum atomic E-state index is -0.838. The molecule has 0 saturated carbocycles. The molecule has 0 aromatic heterocycles. The molecule has 0 spiro atoms. The van der Waals surface area contributed by atoms with Gasteiger partial charge in [-0.2, -0.15) is 0 Å². The van der Waals surface area contributed by atoms with Crippen LogP contribution in [0.4, 0.5) is 0 Å². The first-order valence-electron chi connectivity index (χ1n) is 10.4. The van der Waals surface area contributed by atoms with E-state index in [-0.39, 0.29) is 17.3 Å². The van der Waals surface area contributed by atoms with Crippen molar-refractivity contribution in [3.05, 3.63) is 0 Å². The van der Waals surface area contributed by atoms with Crippen molar-refractivity contribution in [2.45, 2.75) is 93.6 Å². The molecule has 0 aromatic carbocycles. The quantitative estimate of drug-likeness (QED) is 0.597. The Bertz CT molecular complexity index is 595. The topological polar surface area (TPSA) is 80.3 Å². The van der Waals surface area contributed by atoms with Gasteiger partial charge in [0.05, 0.1) is 17.5 Å². The molecule has 3 aliphatic rings. The molecule has 9 heteroatoms. The van der Waals surface area contributed by atoms with E-state index in [1.807, 2.05) is 34.1 Å². The third-order valence-electron chi connectivity index (χ3n) is 6.30. The molecule has 3 rings (SSSR count). The fraction of sp³-hybridized carbons (Fsp3) is 0.950. The third-order valence-corrected chi connectivity index (χ3v) is 7.43. The van der Waals surface area contributed by atoms with Crippen molar-refractivity contribution in [3.63, 3.8) is 0 Å². The Labute approximate surface area is 183 Å². The maximum Gasteiger partial charge on any atom is 0.237 e. The Morgan fingerprint density at radius 2 is 2.03 bits per heavy atom. The zero-order chi connectivity index (χ0) is 21.5. The van der Waals surface area contributed by atoms with Gasteiger partial charge >= 0.3 is 0 Å². The smallest absolute Gasteiger partial charge is 0.237 e. The van der Waals surface area contributed by atoms with Crippen molar-refractivity contribution in [1.82, 2.24) is 10.2 Å². The number of nitrogens with zero attached hydrogens (tertiary/aromatic N) is 1. The highest BCUT2D eigenvalue weighted by molar-refractivity contribution is 7.99. The van der Waals surface area contributed by atoms with Crippen molar-refractivity contribution >= 4 is 29.3 Å². The van der Waals surface area contributed by atoms with E-state index in [4.69, 9.17) is 25.8 Å². The number of fused-ring (bicyclic) bond motifs is 1. The number of carbonyl (C=O) groups is 1. The lowest BCUT2D eigenvalue weighted by molar-refractivity contribution is -0.168. The van der Waals surface area contributed by atoms with E-state index in [1.54, 1.807) is 0 Å². The van der Waals surface area contributed by atoms with Crippen molar-refractivity contribution in [3.8, 4) is 0 Å². The molecule has 0 aliphatic carbocycles. The van der Waals surface area contributed by atoms with Gasteiger partial charge in [0, 0.05) is 6.54 Å².